The molecule has 0 bridgehead atoms. The molecule has 23 heavy (non-hydrogen) atoms. The summed E-state index contributed by atoms with van der Waals surface area (Å²) in [5.74, 6) is -1.80. The van der Waals surface area contributed by atoms with Gasteiger partial charge in [0.2, 0.25) is 0 Å². The number of carbonyl (C=O) groups excluding carboxylic acids is 2. The van der Waals surface area contributed by atoms with E-state index in [9.17, 15) is 18.4 Å². The van der Waals surface area contributed by atoms with Crippen LogP contribution >= 0.6 is 0 Å². The van der Waals surface area contributed by atoms with E-state index in [1.165, 1.54) is 19.1 Å². The molecule has 120 valence electrons. The van der Waals surface area contributed by atoms with Crippen LogP contribution in [0.3, 0.4) is 0 Å². The van der Waals surface area contributed by atoms with E-state index in [2.05, 4.69) is 5.32 Å². The summed E-state index contributed by atoms with van der Waals surface area (Å²) in [6.45, 7) is 2.87. The number of amides is 3. The maximum Gasteiger partial charge on any atom is 0.325 e. The minimum absolute atomic E-state index is 0.0756. The number of hydrogen-bond donors (Lipinski definition) is 1. The van der Waals surface area contributed by atoms with Gasteiger partial charge in [-0.3, -0.25) is 9.69 Å². The lowest BCUT2D eigenvalue weighted by Gasteiger charge is -2.19. The first-order chi connectivity index (χ1) is 10.8. The zero-order valence-corrected chi connectivity index (χ0v) is 12.5. The smallest absolute Gasteiger partial charge is 0.325 e. The second kappa shape index (κ2) is 5.19. The third-order valence-corrected chi connectivity index (χ3v) is 3.87. The zero-order chi connectivity index (χ0) is 16.8. The standard InChI is InChI=1S/C16H14F2N2O3/c1-9-6-7-12(23-9)16(2)14(21)20(15(22)19-16)8-10-4-3-5-11(17)13(10)18/h3-7H,8H2,1-2H3,(H,19,22). The summed E-state index contributed by atoms with van der Waals surface area (Å²) in [5.41, 5.74) is -1.44. The van der Waals surface area contributed by atoms with Crippen LogP contribution in [0, 0.1) is 18.6 Å². The summed E-state index contributed by atoms with van der Waals surface area (Å²) < 4.78 is 32.5. The van der Waals surface area contributed by atoms with Gasteiger partial charge in [0.05, 0.1) is 6.54 Å². The van der Waals surface area contributed by atoms with Gasteiger partial charge in [-0.05, 0) is 32.0 Å². The van der Waals surface area contributed by atoms with E-state index in [-0.39, 0.29) is 17.9 Å². The number of hydrogen-bond acceptors (Lipinski definition) is 3. The van der Waals surface area contributed by atoms with Crippen molar-refractivity contribution in [3.8, 4) is 0 Å². The lowest BCUT2D eigenvalue weighted by Crippen LogP contribution is -2.40. The highest BCUT2D eigenvalue weighted by Gasteiger charge is 2.51. The first kappa shape index (κ1) is 15.2. The number of halogens is 2. The molecular weight excluding hydrogens is 306 g/mol. The van der Waals surface area contributed by atoms with Gasteiger partial charge in [-0.25, -0.2) is 13.6 Å². The molecule has 1 fully saturated rings. The Hall–Kier alpha value is -2.70. The predicted molar refractivity (Wildman–Crippen MR) is 76.2 cm³/mol. The molecule has 1 N–H and O–H groups in total. The molecule has 2 heterocycles. The van der Waals surface area contributed by atoms with Crippen molar-refractivity contribution in [2.45, 2.75) is 25.9 Å². The van der Waals surface area contributed by atoms with Gasteiger partial charge in [-0.1, -0.05) is 12.1 Å². The van der Waals surface area contributed by atoms with E-state index in [1.54, 1.807) is 19.1 Å². The number of rotatable bonds is 3. The van der Waals surface area contributed by atoms with Gasteiger partial charge in [0, 0.05) is 5.56 Å². The van der Waals surface area contributed by atoms with Gasteiger partial charge in [-0.2, -0.15) is 0 Å². The number of urea groups is 1. The fraction of sp³-hybridized carbons (Fsp3) is 0.250. The van der Waals surface area contributed by atoms with Crippen molar-refractivity contribution in [3.05, 3.63) is 59.1 Å². The van der Waals surface area contributed by atoms with E-state index in [0.29, 0.717) is 5.76 Å². The van der Waals surface area contributed by atoms with Crippen LogP contribution in [0.1, 0.15) is 24.0 Å². The first-order valence-electron chi connectivity index (χ1n) is 6.97. The van der Waals surface area contributed by atoms with E-state index < -0.39 is 29.1 Å². The Labute approximate surface area is 130 Å². The van der Waals surface area contributed by atoms with E-state index in [1.807, 2.05) is 0 Å². The van der Waals surface area contributed by atoms with Gasteiger partial charge in [0.25, 0.3) is 5.91 Å². The van der Waals surface area contributed by atoms with Crippen molar-refractivity contribution < 1.29 is 22.8 Å². The molecule has 1 aliphatic rings. The second-order valence-electron chi connectivity index (χ2n) is 5.57. The highest BCUT2D eigenvalue weighted by Crippen LogP contribution is 2.31. The van der Waals surface area contributed by atoms with Crippen LogP contribution in [-0.4, -0.2) is 16.8 Å². The summed E-state index contributed by atoms with van der Waals surface area (Å²) in [6, 6.07) is 6.21. The second-order valence-corrected chi connectivity index (χ2v) is 5.57. The quantitative estimate of drug-likeness (QED) is 0.885. The molecule has 2 aromatic rings. The number of imide groups is 1. The van der Waals surface area contributed by atoms with Crippen LogP contribution in [0.2, 0.25) is 0 Å². The average molecular weight is 320 g/mol. The van der Waals surface area contributed by atoms with E-state index in [0.717, 1.165) is 11.0 Å². The highest BCUT2D eigenvalue weighted by molar-refractivity contribution is 6.06. The Morgan fingerprint density at radius 3 is 2.61 bits per heavy atom. The summed E-state index contributed by atoms with van der Waals surface area (Å²) in [7, 11) is 0. The molecule has 1 aromatic heterocycles. The number of nitrogens with zero attached hydrogens (tertiary/aromatic N) is 1. The molecule has 7 heteroatoms. The first-order valence-corrected chi connectivity index (χ1v) is 6.97. The van der Waals surface area contributed by atoms with E-state index in [4.69, 9.17) is 4.42 Å². The number of benzene rings is 1. The zero-order valence-electron chi connectivity index (χ0n) is 12.5. The topological polar surface area (TPSA) is 62.6 Å². The summed E-state index contributed by atoms with van der Waals surface area (Å²) >= 11 is 0. The van der Waals surface area contributed by atoms with Crippen LogP contribution in [0.25, 0.3) is 0 Å². The number of nitrogens with one attached hydrogen (secondary N) is 1. The molecule has 1 saturated heterocycles. The van der Waals surface area contributed by atoms with Crippen LogP contribution in [0.4, 0.5) is 13.6 Å². The lowest BCUT2D eigenvalue weighted by molar-refractivity contribution is -0.132. The highest BCUT2D eigenvalue weighted by atomic mass is 19.2. The van der Waals surface area contributed by atoms with Gasteiger partial charge >= 0.3 is 6.03 Å². The van der Waals surface area contributed by atoms with Crippen LogP contribution in [0.5, 0.6) is 0 Å². The molecule has 3 rings (SSSR count). The molecule has 1 atom stereocenters. The van der Waals surface area contributed by atoms with Gasteiger partial charge in [0.1, 0.15) is 11.5 Å². The molecule has 0 radical (unpaired) electrons. The average Bonchev–Trinajstić information content (AvgIpc) is 3.02. The monoisotopic (exact) mass is 320 g/mol. The Kier molecular flexibility index (Phi) is 3.43. The van der Waals surface area contributed by atoms with Crippen molar-refractivity contribution in [3.63, 3.8) is 0 Å². The Morgan fingerprint density at radius 1 is 1.22 bits per heavy atom. The van der Waals surface area contributed by atoms with Crippen molar-refractivity contribution in [1.29, 1.82) is 0 Å². The van der Waals surface area contributed by atoms with Crippen molar-refractivity contribution in [2.24, 2.45) is 0 Å². The normalized spacial score (nSPS) is 21.0. The molecular formula is C16H14F2N2O3. The van der Waals surface area contributed by atoms with Crippen molar-refractivity contribution >= 4 is 11.9 Å². The minimum atomic E-state index is -1.37. The van der Waals surface area contributed by atoms with Gasteiger partial charge in [-0.15, -0.1) is 0 Å². The molecule has 0 saturated carbocycles. The fourth-order valence-electron chi connectivity index (χ4n) is 2.55. The summed E-state index contributed by atoms with van der Waals surface area (Å²) in [6.07, 6.45) is 0. The fourth-order valence-corrected chi connectivity index (χ4v) is 2.55. The minimum Gasteiger partial charge on any atom is -0.463 e. The van der Waals surface area contributed by atoms with Gasteiger partial charge in [0.15, 0.2) is 17.2 Å². The van der Waals surface area contributed by atoms with Crippen molar-refractivity contribution in [2.75, 3.05) is 0 Å². The van der Waals surface area contributed by atoms with Gasteiger partial charge < -0.3 is 9.73 Å². The Balaban J connectivity index is 1.91. The lowest BCUT2D eigenvalue weighted by atomic mass is 9.99. The molecule has 0 aliphatic carbocycles. The third-order valence-electron chi connectivity index (χ3n) is 3.87. The Morgan fingerprint density at radius 2 is 1.96 bits per heavy atom. The largest absolute Gasteiger partial charge is 0.463 e. The Bertz CT molecular complexity index is 802. The number of aryl methyl sites for hydroxylation is 1. The molecule has 0 spiro atoms. The molecule has 1 aliphatic heterocycles. The van der Waals surface area contributed by atoms with Crippen molar-refractivity contribution in [1.82, 2.24) is 10.2 Å². The summed E-state index contributed by atoms with van der Waals surface area (Å²) in [4.78, 5) is 25.6. The molecule has 5 nitrogen and oxygen atoms in total. The molecule has 3 amide bonds. The number of furan rings is 1. The predicted octanol–water partition coefficient (Wildman–Crippen LogP) is 2.83. The third kappa shape index (κ3) is 2.38. The molecule has 1 aromatic carbocycles. The molecule has 1 unspecified atom stereocenters. The van der Waals surface area contributed by atoms with Crippen LogP contribution in [0.15, 0.2) is 34.7 Å². The van der Waals surface area contributed by atoms with Crippen LogP contribution < -0.4 is 5.32 Å². The SMILES string of the molecule is Cc1ccc(C2(C)NC(=O)N(Cc3cccc(F)c3F)C2=O)o1. The summed E-state index contributed by atoms with van der Waals surface area (Å²) in [5, 5.41) is 2.54. The maximum absolute atomic E-state index is 13.8. The number of carbonyl (C=O) groups is 2. The van der Waals surface area contributed by atoms with E-state index >= 15 is 0 Å². The maximum atomic E-state index is 13.8. The van der Waals surface area contributed by atoms with Crippen LogP contribution in [-0.2, 0) is 16.9 Å².